The van der Waals surface area contributed by atoms with Crippen LogP contribution in [0.1, 0.15) is 50.2 Å². The van der Waals surface area contributed by atoms with Crippen LogP contribution in [0.2, 0.25) is 0 Å². The maximum Gasteiger partial charge on any atom is 0.330 e. The third kappa shape index (κ3) is 8.23. The van der Waals surface area contributed by atoms with Crippen molar-refractivity contribution in [3.05, 3.63) is 59.7 Å². The van der Waals surface area contributed by atoms with Gasteiger partial charge in [0.15, 0.2) is 0 Å². The minimum absolute atomic E-state index is 0.0837. The van der Waals surface area contributed by atoms with Gasteiger partial charge in [-0.3, -0.25) is 4.79 Å². The molecule has 0 saturated heterocycles. The van der Waals surface area contributed by atoms with Crippen LogP contribution in [0, 0.1) is 5.92 Å². The standard InChI is InChI=1S/C27H34N2O5/c1-2-14-32-24-10-6-21(7-11-24)27(31)34-25-8-3-19(4-9-25)5-12-26(30)33-15-13-20-16-22(28)18-23(29)17-20/h3-5,8-9,12,16-18,21,24H,2,6-7,10-11,13-15,28-29H2,1H3. The van der Waals surface area contributed by atoms with Crippen LogP contribution in [0.15, 0.2) is 48.5 Å². The summed E-state index contributed by atoms with van der Waals surface area (Å²) in [5.74, 6) is -0.219. The number of hydrogen-bond acceptors (Lipinski definition) is 7. The normalized spacial score (nSPS) is 18.0. The van der Waals surface area contributed by atoms with Gasteiger partial charge in [0.25, 0.3) is 0 Å². The summed E-state index contributed by atoms with van der Waals surface area (Å²) >= 11 is 0. The summed E-state index contributed by atoms with van der Waals surface area (Å²) in [7, 11) is 0. The number of esters is 2. The number of ether oxygens (including phenoxy) is 3. The average molecular weight is 467 g/mol. The molecule has 0 radical (unpaired) electrons. The Bertz CT molecular complexity index is 959. The van der Waals surface area contributed by atoms with Gasteiger partial charge in [0.05, 0.1) is 18.6 Å². The molecule has 3 rings (SSSR count). The van der Waals surface area contributed by atoms with Crippen LogP contribution < -0.4 is 16.2 Å². The summed E-state index contributed by atoms with van der Waals surface area (Å²) in [4.78, 5) is 24.4. The lowest BCUT2D eigenvalue weighted by atomic mass is 9.87. The van der Waals surface area contributed by atoms with Gasteiger partial charge in [0, 0.05) is 30.5 Å². The van der Waals surface area contributed by atoms with Crippen LogP contribution in [-0.4, -0.2) is 31.3 Å². The van der Waals surface area contributed by atoms with Crippen molar-refractivity contribution in [3.63, 3.8) is 0 Å². The van der Waals surface area contributed by atoms with Gasteiger partial charge in [0.2, 0.25) is 0 Å². The van der Waals surface area contributed by atoms with Crippen LogP contribution in [0.4, 0.5) is 11.4 Å². The molecule has 34 heavy (non-hydrogen) atoms. The zero-order chi connectivity index (χ0) is 24.3. The quantitative estimate of drug-likeness (QED) is 0.229. The Hall–Kier alpha value is -3.32. The molecule has 0 atom stereocenters. The van der Waals surface area contributed by atoms with Crippen molar-refractivity contribution < 1.29 is 23.8 Å². The molecule has 0 aromatic heterocycles. The number of hydrogen-bond donors (Lipinski definition) is 2. The Kier molecular flexibility index (Phi) is 9.52. The number of nitrogens with two attached hydrogens (primary N) is 2. The second kappa shape index (κ2) is 12.8. The number of carbonyl (C=O) groups excluding carboxylic acids is 2. The van der Waals surface area contributed by atoms with Gasteiger partial charge in [-0.15, -0.1) is 0 Å². The summed E-state index contributed by atoms with van der Waals surface area (Å²) in [6, 6.07) is 12.3. The minimum atomic E-state index is -0.439. The molecule has 0 heterocycles. The van der Waals surface area contributed by atoms with E-state index in [4.69, 9.17) is 25.7 Å². The van der Waals surface area contributed by atoms with Crippen molar-refractivity contribution in [1.29, 1.82) is 0 Å². The molecule has 1 aliphatic carbocycles. The van der Waals surface area contributed by atoms with E-state index in [1.807, 2.05) is 0 Å². The van der Waals surface area contributed by atoms with Gasteiger partial charge < -0.3 is 25.7 Å². The first-order valence-electron chi connectivity index (χ1n) is 11.9. The van der Waals surface area contributed by atoms with E-state index in [0.29, 0.717) is 23.5 Å². The highest BCUT2D eigenvalue weighted by molar-refractivity contribution is 5.87. The zero-order valence-corrected chi connectivity index (χ0v) is 19.7. The zero-order valence-electron chi connectivity index (χ0n) is 19.7. The highest BCUT2D eigenvalue weighted by Crippen LogP contribution is 2.28. The third-order valence-corrected chi connectivity index (χ3v) is 5.75. The van der Waals surface area contributed by atoms with Crippen molar-refractivity contribution >= 4 is 29.4 Å². The summed E-state index contributed by atoms with van der Waals surface area (Å²) in [6.45, 7) is 3.10. The van der Waals surface area contributed by atoms with Gasteiger partial charge in [-0.05, 0) is 79.6 Å². The highest BCUT2D eigenvalue weighted by atomic mass is 16.5. The topological polar surface area (TPSA) is 114 Å². The summed E-state index contributed by atoms with van der Waals surface area (Å²) in [5.41, 5.74) is 14.4. The van der Waals surface area contributed by atoms with Gasteiger partial charge in [0.1, 0.15) is 5.75 Å². The molecule has 0 unspecified atom stereocenters. The predicted molar refractivity (Wildman–Crippen MR) is 133 cm³/mol. The van der Waals surface area contributed by atoms with E-state index < -0.39 is 5.97 Å². The lowest BCUT2D eigenvalue weighted by Gasteiger charge is -2.27. The molecule has 0 bridgehead atoms. The van der Waals surface area contributed by atoms with Crippen LogP contribution >= 0.6 is 0 Å². The summed E-state index contributed by atoms with van der Waals surface area (Å²) < 4.78 is 16.6. The predicted octanol–water partition coefficient (Wildman–Crippen LogP) is 4.54. The Balaban J connectivity index is 1.39. The van der Waals surface area contributed by atoms with Gasteiger partial charge >= 0.3 is 11.9 Å². The van der Waals surface area contributed by atoms with Crippen LogP contribution in [0.3, 0.4) is 0 Å². The van der Waals surface area contributed by atoms with Gasteiger partial charge in [-0.25, -0.2) is 4.79 Å². The molecular formula is C27H34N2O5. The Morgan fingerprint density at radius 2 is 1.65 bits per heavy atom. The molecule has 2 aromatic rings. The van der Waals surface area contributed by atoms with E-state index in [-0.39, 0.29) is 24.6 Å². The number of carbonyl (C=O) groups is 2. The van der Waals surface area contributed by atoms with E-state index in [1.165, 1.54) is 6.08 Å². The van der Waals surface area contributed by atoms with E-state index >= 15 is 0 Å². The number of benzene rings is 2. The Labute approximate surface area is 201 Å². The maximum absolute atomic E-state index is 12.5. The van der Waals surface area contributed by atoms with Crippen molar-refractivity contribution in [2.45, 2.75) is 51.6 Å². The Morgan fingerprint density at radius 3 is 2.29 bits per heavy atom. The molecule has 0 spiro atoms. The summed E-state index contributed by atoms with van der Waals surface area (Å²) in [6.07, 6.45) is 8.20. The van der Waals surface area contributed by atoms with Crippen molar-refractivity contribution in [2.24, 2.45) is 5.92 Å². The molecular weight excluding hydrogens is 432 g/mol. The first-order chi connectivity index (χ1) is 16.4. The molecule has 2 aromatic carbocycles. The fourth-order valence-corrected chi connectivity index (χ4v) is 3.97. The second-order valence-corrected chi connectivity index (χ2v) is 8.59. The monoisotopic (exact) mass is 466 g/mol. The van der Waals surface area contributed by atoms with Crippen molar-refractivity contribution in [3.8, 4) is 5.75 Å². The lowest BCUT2D eigenvalue weighted by molar-refractivity contribution is -0.141. The number of anilines is 2. The number of rotatable bonds is 10. The molecule has 7 nitrogen and oxygen atoms in total. The smallest absolute Gasteiger partial charge is 0.330 e. The van der Waals surface area contributed by atoms with Crippen LogP contribution in [0.25, 0.3) is 6.08 Å². The second-order valence-electron chi connectivity index (χ2n) is 8.59. The first kappa shape index (κ1) is 25.3. The van der Waals surface area contributed by atoms with Gasteiger partial charge in [-0.2, -0.15) is 0 Å². The highest BCUT2D eigenvalue weighted by Gasteiger charge is 2.28. The van der Waals surface area contributed by atoms with Crippen molar-refractivity contribution in [2.75, 3.05) is 24.7 Å². The van der Waals surface area contributed by atoms with E-state index in [2.05, 4.69) is 6.92 Å². The maximum atomic E-state index is 12.5. The first-order valence-corrected chi connectivity index (χ1v) is 11.9. The fraction of sp³-hybridized carbons (Fsp3) is 0.407. The Morgan fingerprint density at radius 1 is 0.971 bits per heavy atom. The summed E-state index contributed by atoms with van der Waals surface area (Å²) in [5, 5.41) is 0. The SMILES string of the molecule is CCCOC1CCC(C(=O)Oc2ccc(C=CC(=O)OCCc3cc(N)cc(N)c3)cc2)CC1. The number of nitrogen functional groups attached to an aromatic ring is 2. The molecule has 0 aliphatic heterocycles. The van der Waals surface area contributed by atoms with Crippen LogP contribution in [0.5, 0.6) is 5.75 Å². The molecule has 182 valence electrons. The van der Waals surface area contributed by atoms with E-state index in [9.17, 15) is 9.59 Å². The molecule has 0 amide bonds. The molecule has 4 N–H and O–H groups in total. The van der Waals surface area contributed by atoms with Crippen LogP contribution in [-0.2, 0) is 25.5 Å². The van der Waals surface area contributed by atoms with E-state index in [0.717, 1.165) is 49.8 Å². The lowest BCUT2D eigenvalue weighted by Crippen LogP contribution is -2.29. The third-order valence-electron chi connectivity index (χ3n) is 5.75. The molecule has 1 saturated carbocycles. The fourth-order valence-electron chi connectivity index (χ4n) is 3.97. The molecule has 7 heteroatoms. The van der Waals surface area contributed by atoms with Crippen molar-refractivity contribution in [1.82, 2.24) is 0 Å². The minimum Gasteiger partial charge on any atom is -0.462 e. The van der Waals surface area contributed by atoms with Gasteiger partial charge in [-0.1, -0.05) is 19.1 Å². The largest absolute Gasteiger partial charge is 0.462 e. The van der Waals surface area contributed by atoms with E-state index in [1.54, 1.807) is 48.5 Å². The molecule has 1 fully saturated rings. The average Bonchev–Trinajstić information content (AvgIpc) is 2.82. The molecule has 1 aliphatic rings.